The molecule has 0 saturated heterocycles. The topological polar surface area (TPSA) is 55.1 Å². The standard InChI is InChI=1S/C18H28N2O/c1-16-6-12-7-17(2,9-16)11-18(8-12,10-16)20-15(21)13-3-4-14(19)5-13/h3-4,12-14H,5-11,19H2,1-2H3,(H,20,21). The first-order valence-electron chi connectivity index (χ1n) is 8.55. The lowest BCUT2D eigenvalue weighted by Crippen LogP contribution is -2.65. The van der Waals surface area contributed by atoms with Gasteiger partial charge in [-0.2, -0.15) is 0 Å². The molecule has 5 aliphatic carbocycles. The molecule has 0 aromatic carbocycles. The SMILES string of the molecule is CC12CC3CC(C)(C1)CC(NC(=O)C1C=CC(N)C1)(C3)C2. The zero-order chi connectivity index (χ0) is 14.9. The lowest BCUT2D eigenvalue weighted by molar-refractivity contribution is -0.141. The van der Waals surface area contributed by atoms with Crippen LogP contribution in [0.5, 0.6) is 0 Å². The Hall–Kier alpha value is -0.830. The molecule has 0 aliphatic heterocycles. The third-order valence-electron chi connectivity index (χ3n) is 6.47. The van der Waals surface area contributed by atoms with Crippen LogP contribution >= 0.6 is 0 Å². The number of rotatable bonds is 2. The number of hydrogen-bond acceptors (Lipinski definition) is 2. The van der Waals surface area contributed by atoms with Gasteiger partial charge in [0.2, 0.25) is 5.91 Å². The zero-order valence-corrected chi connectivity index (χ0v) is 13.3. The van der Waals surface area contributed by atoms with Crippen LogP contribution in [0.4, 0.5) is 0 Å². The molecule has 4 fully saturated rings. The smallest absolute Gasteiger partial charge is 0.227 e. The molecule has 0 radical (unpaired) electrons. The fourth-order valence-electron chi connectivity index (χ4n) is 6.86. The molecule has 0 aromatic rings. The molecule has 4 saturated carbocycles. The largest absolute Gasteiger partial charge is 0.350 e. The predicted molar refractivity (Wildman–Crippen MR) is 83.5 cm³/mol. The third-order valence-corrected chi connectivity index (χ3v) is 6.47. The summed E-state index contributed by atoms with van der Waals surface area (Å²) in [7, 11) is 0. The molecule has 0 heterocycles. The highest BCUT2D eigenvalue weighted by Crippen LogP contribution is 2.66. The Balaban J connectivity index is 1.55. The Morgan fingerprint density at radius 1 is 1.10 bits per heavy atom. The van der Waals surface area contributed by atoms with Crippen molar-refractivity contribution in [1.82, 2.24) is 5.32 Å². The quantitative estimate of drug-likeness (QED) is 0.768. The number of nitrogens with one attached hydrogen (secondary N) is 1. The molecule has 0 spiro atoms. The van der Waals surface area contributed by atoms with Crippen LogP contribution in [-0.4, -0.2) is 17.5 Å². The molecule has 3 nitrogen and oxygen atoms in total. The van der Waals surface area contributed by atoms with Crippen molar-refractivity contribution in [1.29, 1.82) is 0 Å². The monoisotopic (exact) mass is 288 g/mol. The molecule has 3 N–H and O–H groups in total. The fourth-order valence-corrected chi connectivity index (χ4v) is 6.86. The molecule has 4 atom stereocenters. The lowest BCUT2D eigenvalue weighted by Gasteiger charge is -2.65. The highest BCUT2D eigenvalue weighted by molar-refractivity contribution is 5.82. The van der Waals surface area contributed by atoms with Gasteiger partial charge in [-0.1, -0.05) is 26.0 Å². The highest BCUT2D eigenvalue weighted by atomic mass is 16.2. The highest BCUT2D eigenvalue weighted by Gasteiger charge is 2.60. The van der Waals surface area contributed by atoms with E-state index in [1.807, 2.05) is 12.2 Å². The summed E-state index contributed by atoms with van der Waals surface area (Å²) in [5, 5.41) is 3.49. The van der Waals surface area contributed by atoms with Gasteiger partial charge in [0.25, 0.3) is 0 Å². The number of hydrogen-bond donors (Lipinski definition) is 2. The first-order chi connectivity index (χ1) is 9.79. The maximum atomic E-state index is 12.7. The summed E-state index contributed by atoms with van der Waals surface area (Å²) >= 11 is 0. The van der Waals surface area contributed by atoms with Crippen molar-refractivity contribution in [3.8, 4) is 0 Å². The Bertz CT molecular complexity index is 493. The Morgan fingerprint density at radius 2 is 1.76 bits per heavy atom. The summed E-state index contributed by atoms with van der Waals surface area (Å²) in [4.78, 5) is 12.7. The van der Waals surface area contributed by atoms with Crippen molar-refractivity contribution in [2.45, 2.75) is 70.4 Å². The van der Waals surface area contributed by atoms with Crippen LogP contribution < -0.4 is 11.1 Å². The van der Waals surface area contributed by atoms with Crippen molar-refractivity contribution in [3.63, 3.8) is 0 Å². The Morgan fingerprint density at radius 3 is 2.29 bits per heavy atom. The van der Waals surface area contributed by atoms with Crippen LogP contribution in [-0.2, 0) is 4.79 Å². The predicted octanol–water partition coefficient (Wildman–Crippen LogP) is 2.76. The van der Waals surface area contributed by atoms with E-state index in [-0.39, 0.29) is 23.4 Å². The molecule has 21 heavy (non-hydrogen) atoms. The number of amides is 1. The molecule has 5 aliphatic rings. The minimum atomic E-state index is -0.00591. The van der Waals surface area contributed by atoms with Gasteiger partial charge < -0.3 is 11.1 Å². The van der Waals surface area contributed by atoms with Crippen LogP contribution in [0.2, 0.25) is 0 Å². The van der Waals surface area contributed by atoms with Gasteiger partial charge in [-0.05, 0) is 61.7 Å². The number of carbonyl (C=O) groups excluding carboxylic acids is 1. The molecular formula is C18H28N2O. The average Bonchev–Trinajstić information content (AvgIpc) is 2.70. The van der Waals surface area contributed by atoms with Gasteiger partial charge in [-0.25, -0.2) is 0 Å². The maximum absolute atomic E-state index is 12.7. The summed E-state index contributed by atoms with van der Waals surface area (Å²) in [5.74, 6) is 1.03. The first-order valence-corrected chi connectivity index (χ1v) is 8.55. The summed E-state index contributed by atoms with van der Waals surface area (Å²) in [6, 6.07) is 0.0622. The van der Waals surface area contributed by atoms with Crippen molar-refractivity contribution in [2.75, 3.05) is 0 Å². The van der Waals surface area contributed by atoms with E-state index in [0.717, 1.165) is 12.3 Å². The summed E-state index contributed by atoms with van der Waals surface area (Å²) < 4.78 is 0. The van der Waals surface area contributed by atoms with Crippen molar-refractivity contribution in [3.05, 3.63) is 12.2 Å². The van der Waals surface area contributed by atoms with E-state index in [1.165, 1.54) is 38.5 Å². The van der Waals surface area contributed by atoms with Crippen molar-refractivity contribution in [2.24, 2.45) is 28.4 Å². The second-order valence-electron chi connectivity index (χ2n) is 9.29. The van der Waals surface area contributed by atoms with Crippen LogP contribution in [0.15, 0.2) is 12.2 Å². The fraction of sp³-hybridized carbons (Fsp3) is 0.833. The van der Waals surface area contributed by atoms with Gasteiger partial charge in [-0.3, -0.25) is 4.79 Å². The van der Waals surface area contributed by atoms with E-state index >= 15 is 0 Å². The van der Waals surface area contributed by atoms with E-state index in [4.69, 9.17) is 5.73 Å². The van der Waals surface area contributed by atoms with E-state index < -0.39 is 0 Å². The van der Waals surface area contributed by atoms with E-state index in [1.54, 1.807) is 0 Å². The van der Waals surface area contributed by atoms with Gasteiger partial charge in [0.1, 0.15) is 0 Å². The summed E-state index contributed by atoms with van der Waals surface area (Å²) in [5.41, 5.74) is 6.86. The van der Waals surface area contributed by atoms with Gasteiger partial charge in [-0.15, -0.1) is 0 Å². The van der Waals surface area contributed by atoms with E-state index in [2.05, 4.69) is 19.2 Å². The number of carbonyl (C=O) groups is 1. The molecule has 1 amide bonds. The van der Waals surface area contributed by atoms with Gasteiger partial charge >= 0.3 is 0 Å². The molecule has 4 unspecified atom stereocenters. The maximum Gasteiger partial charge on any atom is 0.227 e. The lowest BCUT2D eigenvalue weighted by atomic mass is 9.42. The molecule has 116 valence electrons. The zero-order valence-electron chi connectivity index (χ0n) is 13.3. The minimum absolute atomic E-state index is 0.00591. The van der Waals surface area contributed by atoms with Crippen LogP contribution in [0, 0.1) is 22.7 Å². The summed E-state index contributed by atoms with van der Waals surface area (Å²) in [6.45, 7) is 4.89. The minimum Gasteiger partial charge on any atom is -0.350 e. The van der Waals surface area contributed by atoms with Crippen LogP contribution in [0.3, 0.4) is 0 Å². The molecule has 3 heteroatoms. The Labute approximate surface area is 127 Å². The number of nitrogens with two attached hydrogens (primary N) is 1. The molecular weight excluding hydrogens is 260 g/mol. The summed E-state index contributed by atoms with van der Waals surface area (Å²) in [6.07, 6.45) is 12.4. The molecule has 4 bridgehead atoms. The van der Waals surface area contributed by atoms with E-state index in [0.29, 0.717) is 10.8 Å². The second kappa shape index (κ2) is 4.13. The van der Waals surface area contributed by atoms with Crippen LogP contribution in [0.25, 0.3) is 0 Å². The Kier molecular flexibility index (Phi) is 2.71. The van der Waals surface area contributed by atoms with E-state index in [9.17, 15) is 4.79 Å². The second-order valence-corrected chi connectivity index (χ2v) is 9.29. The van der Waals surface area contributed by atoms with Crippen LogP contribution in [0.1, 0.15) is 58.8 Å². The van der Waals surface area contributed by atoms with Gasteiger partial charge in [0, 0.05) is 11.6 Å². The molecule has 0 aromatic heterocycles. The van der Waals surface area contributed by atoms with Gasteiger partial charge in [0.15, 0.2) is 0 Å². The van der Waals surface area contributed by atoms with Gasteiger partial charge in [0.05, 0.1) is 5.92 Å². The normalized spacial score (nSPS) is 54.1. The third kappa shape index (κ3) is 2.25. The van der Waals surface area contributed by atoms with Crippen molar-refractivity contribution < 1.29 is 4.79 Å². The van der Waals surface area contributed by atoms with Crippen molar-refractivity contribution >= 4 is 5.91 Å². The molecule has 5 rings (SSSR count). The average molecular weight is 288 g/mol. The first kappa shape index (κ1) is 13.8.